The Morgan fingerprint density at radius 2 is 2.00 bits per heavy atom. The molecule has 0 spiro atoms. The van der Waals surface area contributed by atoms with E-state index in [1.165, 1.54) is 0 Å². The van der Waals surface area contributed by atoms with Crippen LogP contribution in [0, 0.1) is 0 Å². The zero-order chi connectivity index (χ0) is 18.2. The van der Waals surface area contributed by atoms with Crippen molar-refractivity contribution in [3.05, 3.63) is 57.6 Å². The number of carbonyl (C=O) groups is 1. The van der Waals surface area contributed by atoms with Crippen molar-refractivity contribution in [2.45, 2.75) is 43.6 Å². The van der Waals surface area contributed by atoms with Gasteiger partial charge in [-0.15, -0.1) is 22.7 Å². The molecule has 5 heteroatoms. The summed E-state index contributed by atoms with van der Waals surface area (Å²) in [7, 11) is 0. The van der Waals surface area contributed by atoms with Gasteiger partial charge in [-0.25, -0.2) is 0 Å². The van der Waals surface area contributed by atoms with E-state index in [1.54, 1.807) is 29.6 Å². The van der Waals surface area contributed by atoms with Crippen LogP contribution < -0.4 is 5.32 Å². The maximum atomic E-state index is 13.1. The van der Waals surface area contributed by atoms with Gasteiger partial charge < -0.3 is 10.4 Å². The number of hydrogen-bond donors (Lipinski definition) is 2. The largest absolute Gasteiger partial charge is 0.383 e. The third-order valence-electron chi connectivity index (χ3n) is 5.43. The van der Waals surface area contributed by atoms with Crippen LogP contribution in [0.2, 0.25) is 0 Å². The van der Waals surface area contributed by atoms with Crippen molar-refractivity contribution >= 4 is 38.7 Å². The van der Waals surface area contributed by atoms with Crippen molar-refractivity contribution in [3.63, 3.8) is 0 Å². The number of fused-ring (bicyclic) bond motifs is 1. The number of rotatable bonds is 5. The molecule has 2 N–H and O–H groups in total. The highest BCUT2D eigenvalue weighted by Crippen LogP contribution is 2.43. The highest BCUT2D eigenvalue weighted by molar-refractivity contribution is 7.19. The summed E-state index contributed by atoms with van der Waals surface area (Å²) in [4.78, 5) is 15.1. The van der Waals surface area contributed by atoms with Crippen LogP contribution in [-0.2, 0) is 15.8 Å². The fraction of sp³-hybridized carbons (Fsp3) is 0.381. The topological polar surface area (TPSA) is 49.3 Å². The molecule has 0 bridgehead atoms. The summed E-state index contributed by atoms with van der Waals surface area (Å²) < 4.78 is 1.15. The minimum Gasteiger partial charge on any atom is -0.383 e. The Labute approximate surface area is 161 Å². The number of nitrogens with one attached hydrogen (secondary N) is 1. The second kappa shape index (κ2) is 6.80. The molecule has 1 saturated carbocycles. The summed E-state index contributed by atoms with van der Waals surface area (Å²) in [6.45, 7) is 2.01. The first-order chi connectivity index (χ1) is 12.5. The molecule has 3 nitrogen and oxygen atoms in total. The Morgan fingerprint density at radius 3 is 2.69 bits per heavy atom. The van der Waals surface area contributed by atoms with Gasteiger partial charge in [0.15, 0.2) is 0 Å². The monoisotopic (exact) mass is 385 g/mol. The standard InChI is InChI=1S/C21H23NO2S2/c1-20(24,18-13-15-7-2-3-8-16(15)26-18)14-22-19(23)21(10-4-5-11-21)17-9-6-12-25-17/h2-3,6-9,12-13,24H,4-5,10-11,14H2,1H3,(H,22,23)/t20-/m0/s1. The van der Waals surface area contributed by atoms with Crippen molar-refractivity contribution in [2.24, 2.45) is 0 Å². The average Bonchev–Trinajstić information content (AvgIpc) is 3.39. The SMILES string of the molecule is C[C@](O)(CNC(=O)C1(c2cccs2)CCCC1)c1cc2ccccc2s1. The van der Waals surface area contributed by atoms with E-state index in [0.717, 1.165) is 45.5 Å². The van der Waals surface area contributed by atoms with Crippen LogP contribution in [0.25, 0.3) is 10.1 Å². The zero-order valence-electron chi connectivity index (χ0n) is 14.8. The fourth-order valence-corrected chi connectivity index (χ4v) is 5.96. The molecule has 136 valence electrons. The van der Waals surface area contributed by atoms with E-state index in [0.29, 0.717) is 0 Å². The third-order valence-corrected chi connectivity index (χ3v) is 7.88. The van der Waals surface area contributed by atoms with Crippen LogP contribution in [0.1, 0.15) is 42.4 Å². The predicted octanol–water partition coefficient (Wildman–Crippen LogP) is 4.80. The minimum absolute atomic E-state index is 0.0545. The van der Waals surface area contributed by atoms with E-state index in [4.69, 9.17) is 0 Å². The van der Waals surface area contributed by atoms with Gasteiger partial charge in [-0.05, 0) is 48.7 Å². The Bertz CT molecular complexity index is 872. The van der Waals surface area contributed by atoms with Gasteiger partial charge in [-0.1, -0.05) is 37.1 Å². The lowest BCUT2D eigenvalue weighted by Gasteiger charge is -2.29. The van der Waals surface area contributed by atoms with Crippen molar-refractivity contribution in [1.82, 2.24) is 5.32 Å². The predicted molar refractivity (Wildman–Crippen MR) is 109 cm³/mol. The Balaban J connectivity index is 1.52. The smallest absolute Gasteiger partial charge is 0.231 e. The van der Waals surface area contributed by atoms with Crippen LogP contribution in [0.15, 0.2) is 47.8 Å². The maximum Gasteiger partial charge on any atom is 0.231 e. The molecule has 4 rings (SSSR count). The molecule has 3 aromatic rings. The Hall–Kier alpha value is -1.69. The molecule has 1 fully saturated rings. The Kier molecular flexibility index (Phi) is 4.63. The third kappa shape index (κ3) is 3.08. The number of thiophene rings is 2. The molecular weight excluding hydrogens is 362 g/mol. The molecule has 1 aliphatic rings. The van der Waals surface area contributed by atoms with Gasteiger partial charge in [0.2, 0.25) is 5.91 Å². The van der Waals surface area contributed by atoms with Gasteiger partial charge in [0, 0.05) is 14.5 Å². The van der Waals surface area contributed by atoms with Gasteiger partial charge in [0.1, 0.15) is 5.60 Å². The highest BCUT2D eigenvalue weighted by Gasteiger charge is 2.44. The second-order valence-electron chi connectivity index (χ2n) is 7.37. The second-order valence-corrected chi connectivity index (χ2v) is 9.40. The molecule has 26 heavy (non-hydrogen) atoms. The summed E-state index contributed by atoms with van der Waals surface area (Å²) in [6, 6.07) is 14.2. The van der Waals surface area contributed by atoms with Gasteiger partial charge >= 0.3 is 0 Å². The molecule has 0 saturated heterocycles. The van der Waals surface area contributed by atoms with Crippen molar-refractivity contribution in [2.75, 3.05) is 6.54 Å². The maximum absolute atomic E-state index is 13.1. The van der Waals surface area contributed by atoms with E-state index in [1.807, 2.05) is 35.7 Å². The molecule has 0 aliphatic heterocycles. The molecule has 1 amide bonds. The highest BCUT2D eigenvalue weighted by atomic mass is 32.1. The average molecular weight is 386 g/mol. The van der Waals surface area contributed by atoms with Crippen molar-refractivity contribution in [1.29, 1.82) is 0 Å². The van der Waals surface area contributed by atoms with Crippen LogP contribution >= 0.6 is 22.7 Å². The molecule has 1 atom stereocenters. The number of carbonyl (C=O) groups excluding carboxylic acids is 1. The lowest BCUT2D eigenvalue weighted by atomic mass is 9.83. The lowest BCUT2D eigenvalue weighted by molar-refractivity contribution is -0.127. The van der Waals surface area contributed by atoms with Crippen LogP contribution in [0.4, 0.5) is 0 Å². The summed E-state index contributed by atoms with van der Waals surface area (Å²) in [5.74, 6) is 0.0545. The van der Waals surface area contributed by atoms with Crippen LogP contribution in [0.3, 0.4) is 0 Å². The van der Waals surface area contributed by atoms with E-state index in [2.05, 4.69) is 17.4 Å². The minimum atomic E-state index is -1.07. The van der Waals surface area contributed by atoms with Crippen LogP contribution in [-0.4, -0.2) is 17.6 Å². The number of hydrogen-bond acceptors (Lipinski definition) is 4. The summed E-state index contributed by atoms with van der Waals surface area (Å²) in [6.07, 6.45) is 3.95. The number of aliphatic hydroxyl groups is 1. The number of amides is 1. The molecule has 1 aliphatic carbocycles. The molecule has 2 heterocycles. The fourth-order valence-electron chi connectivity index (χ4n) is 3.87. The van der Waals surface area contributed by atoms with E-state index in [-0.39, 0.29) is 12.5 Å². The van der Waals surface area contributed by atoms with Crippen LogP contribution in [0.5, 0.6) is 0 Å². The quantitative estimate of drug-likeness (QED) is 0.663. The first-order valence-electron chi connectivity index (χ1n) is 9.05. The lowest BCUT2D eigenvalue weighted by Crippen LogP contribution is -2.46. The first-order valence-corrected chi connectivity index (χ1v) is 10.7. The van der Waals surface area contributed by atoms with Gasteiger partial charge in [0.25, 0.3) is 0 Å². The molecule has 1 aromatic carbocycles. The van der Waals surface area contributed by atoms with E-state index in [9.17, 15) is 9.90 Å². The Morgan fingerprint density at radius 1 is 1.23 bits per heavy atom. The molecule has 2 aromatic heterocycles. The molecule has 0 radical (unpaired) electrons. The van der Waals surface area contributed by atoms with E-state index < -0.39 is 11.0 Å². The van der Waals surface area contributed by atoms with Crippen molar-refractivity contribution in [3.8, 4) is 0 Å². The molecular formula is C21H23NO2S2. The number of benzene rings is 1. The van der Waals surface area contributed by atoms with Gasteiger partial charge in [-0.3, -0.25) is 4.79 Å². The first kappa shape index (κ1) is 17.7. The normalized spacial score (nSPS) is 18.7. The summed E-state index contributed by atoms with van der Waals surface area (Å²) >= 11 is 3.24. The zero-order valence-corrected chi connectivity index (χ0v) is 16.5. The van der Waals surface area contributed by atoms with Gasteiger partial charge in [0.05, 0.1) is 12.0 Å². The molecule has 0 unspecified atom stereocenters. The van der Waals surface area contributed by atoms with Crippen molar-refractivity contribution < 1.29 is 9.90 Å². The summed E-state index contributed by atoms with van der Waals surface area (Å²) in [5.41, 5.74) is -1.49. The van der Waals surface area contributed by atoms with Gasteiger partial charge in [-0.2, -0.15) is 0 Å². The van der Waals surface area contributed by atoms with E-state index >= 15 is 0 Å². The summed E-state index contributed by atoms with van der Waals surface area (Å²) in [5, 5.41) is 17.2.